The van der Waals surface area contributed by atoms with E-state index in [2.05, 4.69) is 6.92 Å². The molecule has 0 unspecified atom stereocenters. The average Bonchev–Trinajstić information content (AvgIpc) is 2.53. The molecule has 0 atom stereocenters. The fraction of sp³-hybridized carbons (Fsp3) is 0.556. The number of hydrogen-bond donors (Lipinski definition) is 0. The normalized spacial score (nSPS) is 10.4. The van der Waals surface area contributed by atoms with Crippen molar-refractivity contribution in [2.75, 3.05) is 20.2 Å². The van der Waals surface area contributed by atoms with Crippen molar-refractivity contribution in [3.63, 3.8) is 0 Å². The van der Waals surface area contributed by atoms with Crippen molar-refractivity contribution in [3.8, 4) is 0 Å². The summed E-state index contributed by atoms with van der Waals surface area (Å²) >= 11 is 5.99. The van der Waals surface area contributed by atoms with Gasteiger partial charge in [-0.15, -0.1) is 0 Å². The summed E-state index contributed by atoms with van der Waals surface area (Å²) in [6.45, 7) is 2.53. The lowest BCUT2D eigenvalue weighted by molar-refractivity contribution is -0.144. The summed E-state index contributed by atoms with van der Waals surface area (Å²) in [4.78, 5) is 25.3. The number of ether oxygens (including phenoxy) is 1. The first-order valence-electron chi connectivity index (χ1n) is 8.22. The van der Waals surface area contributed by atoms with E-state index >= 15 is 0 Å². The number of nitrogens with zero attached hydrogens (tertiary/aromatic N) is 1. The second-order valence-electron chi connectivity index (χ2n) is 5.63. The highest BCUT2D eigenvalue weighted by molar-refractivity contribution is 6.33. The van der Waals surface area contributed by atoms with E-state index in [1.54, 1.807) is 31.3 Å². The summed E-state index contributed by atoms with van der Waals surface area (Å²) in [5.74, 6) is -0.673. The molecule has 23 heavy (non-hydrogen) atoms. The number of esters is 1. The van der Waals surface area contributed by atoms with E-state index in [9.17, 15) is 9.59 Å². The van der Waals surface area contributed by atoms with Gasteiger partial charge in [-0.1, -0.05) is 62.8 Å². The van der Waals surface area contributed by atoms with Crippen molar-refractivity contribution in [3.05, 3.63) is 34.9 Å². The lowest BCUT2D eigenvalue weighted by atomic mass is 10.1. The van der Waals surface area contributed by atoms with Crippen LogP contribution in [-0.4, -0.2) is 37.0 Å². The van der Waals surface area contributed by atoms with Crippen LogP contribution in [0, 0.1) is 0 Å². The highest BCUT2D eigenvalue weighted by atomic mass is 35.5. The zero-order valence-corrected chi connectivity index (χ0v) is 14.8. The monoisotopic (exact) mass is 339 g/mol. The van der Waals surface area contributed by atoms with Crippen LogP contribution < -0.4 is 0 Å². The topological polar surface area (TPSA) is 46.6 Å². The molecule has 0 saturated carbocycles. The molecular formula is C18H26ClNO3. The highest BCUT2D eigenvalue weighted by Gasteiger charge is 2.17. The van der Waals surface area contributed by atoms with Crippen LogP contribution >= 0.6 is 11.6 Å². The third kappa shape index (κ3) is 7.51. The first-order chi connectivity index (χ1) is 11.1. The van der Waals surface area contributed by atoms with Crippen LogP contribution in [0.15, 0.2) is 24.3 Å². The molecule has 0 radical (unpaired) electrons. The second kappa shape index (κ2) is 11.1. The molecule has 1 aromatic rings. The van der Waals surface area contributed by atoms with E-state index in [4.69, 9.17) is 16.3 Å². The zero-order valence-electron chi connectivity index (χ0n) is 14.0. The molecule has 0 bridgehead atoms. The first-order valence-corrected chi connectivity index (χ1v) is 8.59. The maximum Gasteiger partial charge on any atom is 0.325 e. The van der Waals surface area contributed by atoms with Gasteiger partial charge in [0.25, 0.3) is 5.91 Å². The summed E-state index contributed by atoms with van der Waals surface area (Å²) in [5.41, 5.74) is 0.389. The van der Waals surface area contributed by atoms with E-state index in [1.807, 2.05) is 0 Å². The molecular weight excluding hydrogens is 314 g/mol. The van der Waals surface area contributed by atoms with Crippen molar-refractivity contribution in [1.29, 1.82) is 0 Å². The summed E-state index contributed by atoms with van der Waals surface area (Å²) in [6, 6.07) is 6.79. The Bertz CT molecular complexity index is 505. The number of amides is 1. The number of benzene rings is 1. The van der Waals surface area contributed by atoms with Gasteiger partial charge >= 0.3 is 5.97 Å². The lowest BCUT2D eigenvalue weighted by Crippen LogP contribution is -2.33. The summed E-state index contributed by atoms with van der Waals surface area (Å²) < 4.78 is 5.17. The van der Waals surface area contributed by atoms with Crippen molar-refractivity contribution in [2.24, 2.45) is 0 Å². The number of unbranched alkanes of at least 4 members (excludes halogenated alkanes) is 5. The van der Waals surface area contributed by atoms with Crippen LogP contribution in [0.2, 0.25) is 5.02 Å². The van der Waals surface area contributed by atoms with Gasteiger partial charge in [0.05, 0.1) is 17.2 Å². The fourth-order valence-electron chi connectivity index (χ4n) is 2.22. The van der Waals surface area contributed by atoms with Gasteiger partial charge < -0.3 is 9.64 Å². The molecule has 0 fully saturated rings. The predicted octanol–water partition coefficient (Wildman–Crippen LogP) is 4.32. The molecule has 128 valence electrons. The number of hydrogen-bond acceptors (Lipinski definition) is 3. The van der Waals surface area contributed by atoms with Crippen LogP contribution in [0.1, 0.15) is 55.8 Å². The second-order valence-corrected chi connectivity index (χ2v) is 6.04. The Hall–Kier alpha value is -1.55. The van der Waals surface area contributed by atoms with Gasteiger partial charge in [0.2, 0.25) is 0 Å². The predicted molar refractivity (Wildman–Crippen MR) is 92.7 cm³/mol. The number of halogens is 1. The molecule has 1 aromatic carbocycles. The zero-order chi connectivity index (χ0) is 17.1. The third-order valence-corrected chi connectivity index (χ3v) is 3.91. The van der Waals surface area contributed by atoms with Crippen molar-refractivity contribution >= 4 is 23.5 Å². The molecule has 0 heterocycles. The van der Waals surface area contributed by atoms with E-state index < -0.39 is 0 Å². The van der Waals surface area contributed by atoms with E-state index in [0.29, 0.717) is 17.2 Å². The maximum atomic E-state index is 12.2. The average molecular weight is 340 g/mol. The molecule has 0 aliphatic carbocycles. The van der Waals surface area contributed by atoms with Crippen LogP contribution in [0.3, 0.4) is 0 Å². The minimum Gasteiger partial charge on any atom is -0.464 e. The van der Waals surface area contributed by atoms with Gasteiger partial charge in [-0.3, -0.25) is 9.59 Å². The van der Waals surface area contributed by atoms with Crippen molar-refractivity contribution in [2.45, 2.75) is 45.4 Å². The molecule has 0 saturated heterocycles. The van der Waals surface area contributed by atoms with Gasteiger partial charge in [0, 0.05) is 7.05 Å². The quantitative estimate of drug-likeness (QED) is 0.471. The van der Waals surface area contributed by atoms with Gasteiger partial charge in [-0.05, 0) is 18.6 Å². The van der Waals surface area contributed by atoms with Gasteiger partial charge in [-0.25, -0.2) is 0 Å². The van der Waals surface area contributed by atoms with Crippen LogP contribution in [0.4, 0.5) is 0 Å². The van der Waals surface area contributed by atoms with Crippen LogP contribution in [0.25, 0.3) is 0 Å². The molecule has 1 amide bonds. The van der Waals surface area contributed by atoms with Gasteiger partial charge in [-0.2, -0.15) is 0 Å². The van der Waals surface area contributed by atoms with Crippen molar-refractivity contribution in [1.82, 2.24) is 4.90 Å². The highest BCUT2D eigenvalue weighted by Crippen LogP contribution is 2.16. The number of carbonyl (C=O) groups excluding carboxylic acids is 2. The Morgan fingerprint density at radius 2 is 1.74 bits per heavy atom. The van der Waals surface area contributed by atoms with Gasteiger partial charge in [0.15, 0.2) is 0 Å². The summed E-state index contributed by atoms with van der Waals surface area (Å²) in [5, 5.41) is 0.379. The smallest absolute Gasteiger partial charge is 0.325 e. The summed E-state index contributed by atoms with van der Waals surface area (Å²) in [7, 11) is 1.57. The lowest BCUT2D eigenvalue weighted by Gasteiger charge is -2.17. The maximum absolute atomic E-state index is 12.2. The Morgan fingerprint density at radius 3 is 2.43 bits per heavy atom. The first kappa shape index (κ1) is 19.5. The number of likely N-dealkylation sites (N-methyl/N-ethyl adjacent to an activating group) is 1. The molecule has 4 nitrogen and oxygen atoms in total. The Kier molecular flexibility index (Phi) is 9.37. The minimum atomic E-state index is -0.388. The Balaban J connectivity index is 2.26. The SMILES string of the molecule is CCCCCCCCOC(=O)CN(C)C(=O)c1ccccc1Cl. The molecule has 1 rings (SSSR count). The van der Waals surface area contributed by atoms with E-state index in [0.717, 1.165) is 12.8 Å². The Labute approximate surface area is 143 Å². The van der Waals surface area contributed by atoms with E-state index in [-0.39, 0.29) is 18.4 Å². The largest absolute Gasteiger partial charge is 0.464 e. The van der Waals surface area contributed by atoms with Crippen LogP contribution in [0.5, 0.6) is 0 Å². The molecule has 0 aliphatic rings. The fourth-order valence-corrected chi connectivity index (χ4v) is 2.44. The minimum absolute atomic E-state index is 0.0696. The number of carbonyl (C=O) groups is 2. The molecule has 0 N–H and O–H groups in total. The number of rotatable bonds is 10. The van der Waals surface area contributed by atoms with Crippen LogP contribution in [-0.2, 0) is 9.53 Å². The van der Waals surface area contributed by atoms with E-state index in [1.165, 1.54) is 30.6 Å². The summed E-state index contributed by atoms with van der Waals surface area (Å²) in [6.07, 6.45) is 6.84. The van der Waals surface area contributed by atoms with Crippen molar-refractivity contribution < 1.29 is 14.3 Å². The standard InChI is InChI=1S/C18H26ClNO3/c1-3-4-5-6-7-10-13-23-17(21)14-20(2)18(22)15-11-8-9-12-16(15)19/h8-9,11-12H,3-7,10,13-14H2,1-2H3. The Morgan fingerprint density at radius 1 is 1.09 bits per heavy atom. The molecule has 5 heteroatoms. The molecule has 0 aromatic heterocycles. The third-order valence-electron chi connectivity index (χ3n) is 3.58. The molecule has 0 aliphatic heterocycles. The van der Waals surface area contributed by atoms with Gasteiger partial charge in [0.1, 0.15) is 6.54 Å². The molecule has 0 spiro atoms.